The van der Waals surface area contributed by atoms with Gasteiger partial charge in [-0.25, -0.2) is 0 Å². The quantitative estimate of drug-likeness (QED) is 0.480. The van der Waals surface area contributed by atoms with E-state index in [1.54, 1.807) is 17.0 Å². The molecular formula is C25H26N8. The maximum atomic E-state index is 5.94. The van der Waals surface area contributed by atoms with Gasteiger partial charge in [0.15, 0.2) is 11.5 Å². The molecule has 8 heteroatoms. The summed E-state index contributed by atoms with van der Waals surface area (Å²) >= 11 is 0. The summed E-state index contributed by atoms with van der Waals surface area (Å²) in [5.41, 5.74) is 14.2. The molecule has 0 atom stereocenters. The Balaban J connectivity index is 1.39. The molecule has 2 N–H and O–H groups in total. The van der Waals surface area contributed by atoms with Crippen molar-refractivity contribution >= 4 is 23.3 Å². The van der Waals surface area contributed by atoms with E-state index >= 15 is 0 Å². The molecule has 0 saturated carbocycles. The Bertz CT molecular complexity index is 1350. The highest BCUT2D eigenvalue weighted by molar-refractivity contribution is 6.09. The molecule has 1 aromatic carbocycles. The van der Waals surface area contributed by atoms with Crippen LogP contribution in [0.1, 0.15) is 33.5 Å². The van der Waals surface area contributed by atoms with Gasteiger partial charge in [-0.15, -0.1) is 15.3 Å². The van der Waals surface area contributed by atoms with Gasteiger partial charge >= 0.3 is 0 Å². The molecule has 5 rings (SSSR count). The SMILES string of the molecule is Cc1c(N2CCc3ncc(/C(C=NCc4ccccc4)=C/N)cc3C2)nn2cnnc2c1C. The van der Waals surface area contributed by atoms with Crippen molar-refractivity contribution < 1.29 is 0 Å². The Morgan fingerprint density at radius 2 is 2.03 bits per heavy atom. The zero-order chi connectivity index (χ0) is 22.8. The topological polar surface area (TPSA) is 97.6 Å². The predicted molar refractivity (Wildman–Crippen MR) is 130 cm³/mol. The van der Waals surface area contributed by atoms with Gasteiger partial charge in [-0.3, -0.25) is 9.98 Å². The van der Waals surface area contributed by atoms with E-state index in [9.17, 15) is 0 Å². The van der Waals surface area contributed by atoms with Gasteiger partial charge in [0, 0.05) is 66.1 Å². The van der Waals surface area contributed by atoms with Crippen molar-refractivity contribution in [3.05, 3.63) is 88.6 Å². The lowest BCUT2D eigenvalue weighted by Gasteiger charge is -2.30. The Labute approximate surface area is 192 Å². The standard InChI is InChI=1S/C25H26N8/c1-17-18(2)25(31-33-16-29-30-24(17)33)32-9-8-23-21(15-32)10-20(14-28-23)22(11-26)13-27-12-19-6-4-3-5-7-19/h3-7,10-11,13-14,16H,8-9,12,15,26H2,1-2H3/b22-11+,27-13?. The van der Waals surface area contributed by atoms with E-state index in [1.165, 1.54) is 5.56 Å². The fraction of sp³-hybridized carbons (Fsp3) is 0.240. The molecule has 1 aliphatic rings. The molecule has 3 aromatic heterocycles. The summed E-state index contributed by atoms with van der Waals surface area (Å²) in [5, 5.41) is 13.0. The van der Waals surface area contributed by atoms with E-state index < -0.39 is 0 Å². The van der Waals surface area contributed by atoms with Crippen LogP contribution >= 0.6 is 0 Å². The van der Waals surface area contributed by atoms with Crippen molar-refractivity contribution in [2.75, 3.05) is 11.4 Å². The first-order valence-electron chi connectivity index (χ1n) is 11.0. The molecule has 0 bridgehead atoms. The first-order valence-corrected chi connectivity index (χ1v) is 11.0. The van der Waals surface area contributed by atoms with Gasteiger partial charge in [-0.2, -0.15) is 4.52 Å². The third kappa shape index (κ3) is 4.07. The van der Waals surface area contributed by atoms with E-state index in [1.807, 2.05) is 30.6 Å². The second-order valence-corrected chi connectivity index (χ2v) is 8.25. The summed E-state index contributed by atoms with van der Waals surface area (Å²) in [6.45, 7) is 6.36. The third-order valence-corrected chi connectivity index (χ3v) is 6.17. The number of aliphatic imine (C=N–C) groups is 1. The largest absolute Gasteiger partial charge is 0.404 e. The van der Waals surface area contributed by atoms with Crippen LogP contribution in [0.3, 0.4) is 0 Å². The van der Waals surface area contributed by atoms with Gasteiger partial charge in [0.1, 0.15) is 6.33 Å². The van der Waals surface area contributed by atoms with Crippen LogP contribution in [0.4, 0.5) is 5.82 Å². The van der Waals surface area contributed by atoms with Crippen LogP contribution in [0, 0.1) is 13.8 Å². The van der Waals surface area contributed by atoms with Gasteiger partial charge < -0.3 is 10.6 Å². The molecule has 0 radical (unpaired) electrons. The van der Waals surface area contributed by atoms with Crippen molar-refractivity contribution in [1.29, 1.82) is 0 Å². The number of aryl methyl sites for hydroxylation is 1. The minimum atomic E-state index is 0.611. The zero-order valence-electron chi connectivity index (χ0n) is 18.8. The molecule has 0 aliphatic carbocycles. The summed E-state index contributed by atoms with van der Waals surface area (Å²) in [5.74, 6) is 0.954. The molecular weight excluding hydrogens is 412 g/mol. The molecule has 4 aromatic rings. The predicted octanol–water partition coefficient (Wildman–Crippen LogP) is 3.27. The minimum Gasteiger partial charge on any atom is -0.404 e. The van der Waals surface area contributed by atoms with Crippen molar-refractivity contribution in [3.63, 3.8) is 0 Å². The first kappa shape index (κ1) is 20.8. The van der Waals surface area contributed by atoms with Crippen molar-refractivity contribution in [1.82, 2.24) is 24.8 Å². The number of hydrogen-bond donors (Lipinski definition) is 1. The van der Waals surface area contributed by atoms with Crippen LogP contribution in [-0.4, -0.2) is 37.6 Å². The number of nitrogens with zero attached hydrogens (tertiary/aromatic N) is 7. The number of nitrogens with two attached hydrogens (primary N) is 1. The molecule has 0 unspecified atom stereocenters. The summed E-state index contributed by atoms with van der Waals surface area (Å²) < 4.78 is 1.75. The minimum absolute atomic E-state index is 0.611. The highest BCUT2D eigenvalue weighted by atomic mass is 15.4. The lowest BCUT2D eigenvalue weighted by molar-refractivity contribution is 0.687. The van der Waals surface area contributed by atoms with E-state index in [-0.39, 0.29) is 0 Å². The fourth-order valence-corrected chi connectivity index (χ4v) is 4.17. The molecule has 0 spiro atoms. The average Bonchev–Trinajstić information content (AvgIpc) is 3.33. The number of allylic oxidation sites excluding steroid dienone is 1. The first-order chi connectivity index (χ1) is 16.1. The molecule has 166 valence electrons. The molecule has 4 heterocycles. The van der Waals surface area contributed by atoms with E-state index in [2.05, 4.69) is 52.1 Å². The number of pyridine rings is 1. The highest BCUT2D eigenvalue weighted by Crippen LogP contribution is 2.28. The maximum absolute atomic E-state index is 5.94. The van der Waals surface area contributed by atoms with E-state index in [4.69, 9.17) is 15.8 Å². The monoisotopic (exact) mass is 438 g/mol. The highest BCUT2D eigenvalue weighted by Gasteiger charge is 2.22. The van der Waals surface area contributed by atoms with Crippen molar-refractivity contribution in [2.45, 2.75) is 33.4 Å². The molecule has 33 heavy (non-hydrogen) atoms. The Morgan fingerprint density at radius 3 is 2.85 bits per heavy atom. The Morgan fingerprint density at radius 1 is 1.18 bits per heavy atom. The smallest absolute Gasteiger partial charge is 0.180 e. The number of rotatable bonds is 5. The second kappa shape index (κ2) is 8.82. The normalized spacial score (nSPS) is 14.2. The number of fused-ring (bicyclic) bond motifs is 2. The number of anilines is 1. The molecule has 0 amide bonds. The number of benzene rings is 1. The van der Waals surface area contributed by atoms with Gasteiger partial charge in [-0.1, -0.05) is 30.3 Å². The Kier molecular flexibility index (Phi) is 5.56. The van der Waals surface area contributed by atoms with Crippen molar-refractivity contribution in [3.8, 4) is 0 Å². The average molecular weight is 439 g/mol. The maximum Gasteiger partial charge on any atom is 0.180 e. The van der Waals surface area contributed by atoms with E-state index in [0.717, 1.165) is 64.5 Å². The van der Waals surface area contributed by atoms with Crippen molar-refractivity contribution in [2.24, 2.45) is 10.7 Å². The zero-order valence-corrected chi connectivity index (χ0v) is 18.8. The molecule has 1 aliphatic heterocycles. The summed E-state index contributed by atoms with van der Waals surface area (Å²) in [6, 6.07) is 12.3. The second-order valence-electron chi connectivity index (χ2n) is 8.25. The third-order valence-electron chi connectivity index (χ3n) is 6.17. The lowest BCUT2D eigenvalue weighted by Crippen LogP contribution is -2.33. The lowest BCUT2D eigenvalue weighted by atomic mass is 10.0. The van der Waals surface area contributed by atoms with Crippen LogP contribution in [0.2, 0.25) is 0 Å². The van der Waals surface area contributed by atoms with Crippen LogP contribution in [-0.2, 0) is 19.5 Å². The number of hydrogen-bond acceptors (Lipinski definition) is 7. The molecule has 0 saturated heterocycles. The summed E-state index contributed by atoms with van der Waals surface area (Å²) in [6.07, 6.45) is 7.81. The Hall–Kier alpha value is -4.07. The van der Waals surface area contributed by atoms with Gasteiger partial charge in [0.05, 0.1) is 6.54 Å². The molecule has 8 nitrogen and oxygen atoms in total. The van der Waals surface area contributed by atoms with E-state index in [0.29, 0.717) is 6.54 Å². The number of aromatic nitrogens is 5. The van der Waals surface area contributed by atoms with Crippen LogP contribution in [0.25, 0.3) is 11.2 Å². The van der Waals surface area contributed by atoms with Crippen LogP contribution < -0.4 is 10.6 Å². The fourth-order valence-electron chi connectivity index (χ4n) is 4.17. The summed E-state index contributed by atoms with van der Waals surface area (Å²) in [7, 11) is 0. The van der Waals surface area contributed by atoms with Crippen LogP contribution in [0.5, 0.6) is 0 Å². The van der Waals surface area contributed by atoms with Gasteiger partial charge in [-0.05, 0) is 31.0 Å². The van der Waals surface area contributed by atoms with Crippen LogP contribution in [0.15, 0.2) is 60.1 Å². The van der Waals surface area contributed by atoms with Gasteiger partial charge in [0.2, 0.25) is 0 Å². The summed E-state index contributed by atoms with van der Waals surface area (Å²) in [4.78, 5) is 11.6. The molecule has 0 fully saturated rings. The van der Waals surface area contributed by atoms with Gasteiger partial charge in [0.25, 0.3) is 0 Å².